The van der Waals surface area contributed by atoms with Crippen LogP contribution >= 0.6 is 11.8 Å². The van der Waals surface area contributed by atoms with Gasteiger partial charge in [-0.3, -0.25) is 0 Å². The van der Waals surface area contributed by atoms with Crippen molar-refractivity contribution in [3.05, 3.63) is 54.4 Å². The van der Waals surface area contributed by atoms with E-state index in [-0.39, 0.29) is 0 Å². The van der Waals surface area contributed by atoms with Crippen LogP contribution in [-0.4, -0.2) is 25.6 Å². The predicted octanol–water partition coefficient (Wildman–Crippen LogP) is 2.79. The molecule has 2 aromatic carbocycles. The van der Waals surface area contributed by atoms with Gasteiger partial charge in [-0.2, -0.15) is 0 Å². The Hall–Kier alpha value is -1.85. The van der Waals surface area contributed by atoms with Crippen LogP contribution in [0.25, 0.3) is 10.8 Å². The third kappa shape index (κ3) is 2.69. The molecule has 0 radical (unpaired) electrons. The summed E-state index contributed by atoms with van der Waals surface area (Å²) in [5.41, 5.74) is 0.929. The van der Waals surface area contributed by atoms with Crippen LogP contribution in [0.15, 0.2) is 53.9 Å². The Kier molecular flexibility index (Phi) is 3.71. The minimum absolute atomic E-state index is 0.513. The molecule has 0 bridgehead atoms. The fraction of sp³-hybridized carbons (Fsp3) is 0.200. The van der Waals surface area contributed by atoms with Crippen molar-refractivity contribution in [1.82, 2.24) is 14.8 Å². The van der Waals surface area contributed by atoms with Gasteiger partial charge in [0.25, 0.3) is 0 Å². The molecule has 102 valence electrons. The molecule has 3 rings (SSSR count). The van der Waals surface area contributed by atoms with E-state index in [1.807, 2.05) is 41.9 Å². The van der Waals surface area contributed by atoms with Crippen molar-refractivity contribution in [3.8, 4) is 0 Å². The van der Waals surface area contributed by atoms with Crippen molar-refractivity contribution in [2.75, 3.05) is 5.75 Å². The van der Waals surface area contributed by atoms with E-state index in [1.165, 1.54) is 17.1 Å². The molecule has 1 atom stereocenters. The summed E-state index contributed by atoms with van der Waals surface area (Å²) < 4.78 is 1.85. The maximum atomic E-state index is 10.3. The number of benzene rings is 2. The molecule has 0 spiro atoms. The van der Waals surface area contributed by atoms with Crippen molar-refractivity contribution < 1.29 is 5.11 Å². The zero-order valence-corrected chi connectivity index (χ0v) is 11.9. The summed E-state index contributed by atoms with van der Waals surface area (Å²) in [4.78, 5) is 0. The summed E-state index contributed by atoms with van der Waals surface area (Å²) in [6, 6.07) is 14.2. The van der Waals surface area contributed by atoms with Gasteiger partial charge < -0.3 is 9.67 Å². The van der Waals surface area contributed by atoms with Gasteiger partial charge in [0.2, 0.25) is 0 Å². The Morgan fingerprint density at radius 2 is 2.00 bits per heavy atom. The van der Waals surface area contributed by atoms with Crippen LogP contribution in [0.5, 0.6) is 0 Å². The zero-order valence-electron chi connectivity index (χ0n) is 11.1. The molecule has 1 heterocycles. The van der Waals surface area contributed by atoms with E-state index in [1.54, 1.807) is 6.33 Å². The van der Waals surface area contributed by atoms with E-state index in [0.717, 1.165) is 16.1 Å². The summed E-state index contributed by atoms with van der Waals surface area (Å²) in [7, 11) is 1.89. The molecule has 0 fully saturated rings. The lowest BCUT2D eigenvalue weighted by Gasteiger charge is -2.11. The third-order valence-corrected chi connectivity index (χ3v) is 4.31. The minimum atomic E-state index is -0.513. The second-order valence-corrected chi connectivity index (χ2v) is 5.64. The predicted molar refractivity (Wildman–Crippen MR) is 80.6 cm³/mol. The first-order valence-electron chi connectivity index (χ1n) is 6.37. The average Bonchev–Trinajstić information content (AvgIpc) is 2.89. The zero-order chi connectivity index (χ0) is 13.9. The van der Waals surface area contributed by atoms with Crippen molar-refractivity contribution in [2.45, 2.75) is 11.3 Å². The number of aliphatic hydroxyl groups excluding tert-OH is 1. The lowest BCUT2D eigenvalue weighted by molar-refractivity contribution is 0.204. The van der Waals surface area contributed by atoms with E-state index in [2.05, 4.69) is 22.3 Å². The van der Waals surface area contributed by atoms with Crippen molar-refractivity contribution in [1.29, 1.82) is 0 Å². The smallest absolute Gasteiger partial charge is 0.190 e. The first-order valence-corrected chi connectivity index (χ1v) is 7.36. The SMILES string of the molecule is Cn1cnnc1SCC(O)c1ccc2ccccc2c1. The van der Waals surface area contributed by atoms with Gasteiger partial charge in [-0.05, 0) is 22.4 Å². The van der Waals surface area contributed by atoms with Gasteiger partial charge in [0.15, 0.2) is 5.16 Å². The summed E-state index contributed by atoms with van der Waals surface area (Å²) in [5.74, 6) is 0.560. The van der Waals surface area contributed by atoms with Gasteiger partial charge in [0.05, 0.1) is 6.10 Å². The largest absolute Gasteiger partial charge is 0.388 e. The Labute approximate surface area is 121 Å². The maximum absolute atomic E-state index is 10.3. The molecule has 0 saturated carbocycles. The molecule has 3 aromatic rings. The summed E-state index contributed by atoms with van der Waals surface area (Å²) in [5, 5.41) is 21.3. The monoisotopic (exact) mass is 285 g/mol. The first kappa shape index (κ1) is 13.1. The van der Waals surface area contributed by atoms with Gasteiger partial charge in [0, 0.05) is 12.8 Å². The fourth-order valence-corrected chi connectivity index (χ4v) is 2.92. The van der Waals surface area contributed by atoms with Gasteiger partial charge in [0.1, 0.15) is 6.33 Å². The van der Waals surface area contributed by atoms with Crippen LogP contribution in [0.1, 0.15) is 11.7 Å². The van der Waals surface area contributed by atoms with Crippen molar-refractivity contribution >= 4 is 22.5 Å². The molecule has 4 nitrogen and oxygen atoms in total. The maximum Gasteiger partial charge on any atom is 0.190 e. The van der Waals surface area contributed by atoms with E-state index in [4.69, 9.17) is 0 Å². The molecule has 0 aliphatic rings. The van der Waals surface area contributed by atoms with E-state index < -0.39 is 6.10 Å². The highest BCUT2D eigenvalue weighted by Crippen LogP contribution is 2.25. The summed E-state index contributed by atoms with van der Waals surface area (Å²) in [6.07, 6.45) is 1.14. The standard InChI is InChI=1S/C15H15N3OS/c1-18-10-16-17-15(18)20-9-14(19)13-7-6-11-4-2-3-5-12(11)8-13/h2-8,10,14,19H,9H2,1H3. The van der Waals surface area contributed by atoms with Gasteiger partial charge >= 0.3 is 0 Å². The van der Waals surface area contributed by atoms with Crippen LogP contribution in [0.2, 0.25) is 0 Å². The molecule has 1 unspecified atom stereocenters. The van der Waals surface area contributed by atoms with E-state index in [0.29, 0.717) is 5.75 Å². The molecule has 5 heteroatoms. The lowest BCUT2D eigenvalue weighted by Crippen LogP contribution is -2.02. The van der Waals surface area contributed by atoms with Crippen molar-refractivity contribution in [3.63, 3.8) is 0 Å². The van der Waals surface area contributed by atoms with Crippen LogP contribution in [0.4, 0.5) is 0 Å². The molecule has 1 N–H and O–H groups in total. The molecule has 0 aliphatic heterocycles. The minimum Gasteiger partial charge on any atom is -0.388 e. The highest BCUT2D eigenvalue weighted by Gasteiger charge is 2.11. The molecule has 0 amide bonds. The van der Waals surface area contributed by atoms with Crippen LogP contribution in [0.3, 0.4) is 0 Å². The first-order chi connectivity index (χ1) is 9.74. The molecule has 0 aliphatic carbocycles. The van der Waals surface area contributed by atoms with Crippen molar-refractivity contribution in [2.24, 2.45) is 7.05 Å². The number of thioether (sulfide) groups is 1. The quantitative estimate of drug-likeness (QED) is 0.749. The molecular weight excluding hydrogens is 270 g/mol. The Bertz CT molecular complexity index is 726. The number of aryl methyl sites for hydroxylation is 1. The number of aliphatic hydroxyl groups is 1. The highest BCUT2D eigenvalue weighted by atomic mass is 32.2. The second kappa shape index (κ2) is 5.64. The number of nitrogens with zero attached hydrogens (tertiary/aromatic N) is 3. The van der Waals surface area contributed by atoms with Crippen LogP contribution in [-0.2, 0) is 7.05 Å². The average molecular weight is 285 g/mol. The number of fused-ring (bicyclic) bond motifs is 1. The normalized spacial score (nSPS) is 12.7. The Balaban J connectivity index is 1.75. The number of rotatable bonds is 4. The molecule has 0 saturated heterocycles. The molecule has 20 heavy (non-hydrogen) atoms. The topological polar surface area (TPSA) is 50.9 Å². The van der Waals surface area contributed by atoms with Gasteiger partial charge in [-0.1, -0.05) is 48.2 Å². The molecule has 1 aromatic heterocycles. The second-order valence-electron chi connectivity index (χ2n) is 4.66. The number of aromatic nitrogens is 3. The van der Waals surface area contributed by atoms with Crippen LogP contribution < -0.4 is 0 Å². The molecular formula is C15H15N3OS. The summed E-state index contributed by atoms with van der Waals surface area (Å²) >= 11 is 1.50. The Morgan fingerprint density at radius 3 is 2.75 bits per heavy atom. The summed E-state index contributed by atoms with van der Waals surface area (Å²) in [6.45, 7) is 0. The Morgan fingerprint density at radius 1 is 1.20 bits per heavy atom. The number of hydrogen-bond acceptors (Lipinski definition) is 4. The van der Waals surface area contributed by atoms with Gasteiger partial charge in [-0.25, -0.2) is 0 Å². The third-order valence-electron chi connectivity index (χ3n) is 3.20. The van der Waals surface area contributed by atoms with Gasteiger partial charge in [-0.15, -0.1) is 10.2 Å². The van der Waals surface area contributed by atoms with Crippen LogP contribution in [0, 0.1) is 0 Å². The number of hydrogen-bond donors (Lipinski definition) is 1. The highest BCUT2D eigenvalue weighted by molar-refractivity contribution is 7.99. The van der Waals surface area contributed by atoms with E-state index in [9.17, 15) is 5.11 Å². The van der Waals surface area contributed by atoms with E-state index >= 15 is 0 Å². The lowest BCUT2D eigenvalue weighted by atomic mass is 10.0. The fourth-order valence-electron chi connectivity index (χ4n) is 2.07.